The van der Waals surface area contributed by atoms with Gasteiger partial charge in [0.2, 0.25) is 5.92 Å². The van der Waals surface area contributed by atoms with Gasteiger partial charge in [-0.25, -0.2) is 23.5 Å². The molecule has 0 aromatic carbocycles. The van der Waals surface area contributed by atoms with E-state index in [1.807, 2.05) is 0 Å². The van der Waals surface area contributed by atoms with Gasteiger partial charge in [-0.15, -0.1) is 0 Å². The molecule has 0 radical (unpaired) electrons. The molecule has 7 heteroatoms. The molecule has 1 aliphatic carbocycles. The number of halogens is 2. The summed E-state index contributed by atoms with van der Waals surface area (Å²) in [4.78, 5) is 19.7. The molecule has 4 nitrogen and oxygen atoms in total. The number of carbonyl (C=O) groups is 1. The molecule has 1 aromatic heterocycles. The number of hydrogen-bond acceptors (Lipinski definition) is 5. The maximum atomic E-state index is 12.9. The van der Waals surface area contributed by atoms with E-state index in [1.165, 1.54) is 25.1 Å². The summed E-state index contributed by atoms with van der Waals surface area (Å²) < 4.78 is 30.4. The van der Waals surface area contributed by atoms with Gasteiger partial charge >= 0.3 is 5.97 Å². The fourth-order valence-electron chi connectivity index (χ4n) is 1.91. The lowest BCUT2D eigenvalue weighted by atomic mass is 9.78. The van der Waals surface area contributed by atoms with Crippen LogP contribution in [-0.2, 0) is 4.74 Å². The lowest BCUT2D eigenvalue weighted by molar-refractivity contribution is -0.0879. The van der Waals surface area contributed by atoms with E-state index < -0.39 is 17.8 Å². The van der Waals surface area contributed by atoms with Crippen LogP contribution in [0.3, 0.4) is 0 Å². The standard InChI is InChI=1S/C11H12F2N2O2S/c1-17-9(16)7-5-14-10(18-2)15-8(7)6-3-11(12,13)4-6/h5-6H,3-4H2,1-2H3. The quantitative estimate of drug-likeness (QED) is 0.481. The van der Waals surface area contributed by atoms with Crippen molar-refractivity contribution in [3.8, 4) is 0 Å². The highest BCUT2D eigenvalue weighted by Crippen LogP contribution is 2.48. The predicted molar refractivity (Wildman–Crippen MR) is 62.1 cm³/mol. The number of methoxy groups -OCH3 is 1. The Morgan fingerprint density at radius 1 is 1.56 bits per heavy atom. The Kier molecular flexibility index (Phi) is 3.52. The highest BCUT2D eigenvalue weighted by Gasteiger charge is 2.47. The van der Waals surface area contributed by atoms with Crippen LogP contribution in [0.15, 0.2) is 11.4 Å². The Morgan fingerprint density at radius 2 is 2.22 bits per heavy atom. The van der Waals surface area contributed by atoms with Crippen molar-refractivity contribution in [1.29, 1.82) is 0 Å². The summed E-state index contributed by atoms with van der Waals surface area (Å²) >= 11 is 1.30. The molecule has 1 aliphatic rings. The van der Waals surface area contributed by atoms with Crippen LogP contribution in [0.2, 0.25) is 0 Å². The van der Waals surface area contributed by atoms with Gasteiger partial charge in [0.15, 0.2) is 5.16 Å². The predicted octanol–water partition coefficient (Wildman–Crippen LogP) is 2.50. The Bertz CT molecular complexity index is 474. The van der Waals surface area contributed by atoms with Gasteiger partial charge in [0, 0.05) is 25.0 Å². The van der Waals surface area contributed by atoms with Gasteiger partial charge < -0.3 is 4.74 Å². The molecule has 2 rings (SSSR count). The second-order valence-corrected chi connectivity index (χ2v) is 4.88. The number of alkyl halides is 2. The fraction of sp³-hybridized carbons (Fsp3) is 0.545. The molecule has 0 saturated heterocycles. The van der Waals surface area contributed by atoms with Gasteiger partial charge in [-0.1, -0.05) is 11.8 Å². The third-order valence-corrected chi connectivity index (χ3v) is 3.42. The van der Waals surface area contributed by atoms with E-state index in [2.05, 4.69) is 14.7 Å². The van der Waals surface area contributed by atoms with Crippen molar-refractivity contribution in [3.05, 3.63) is 17.5 Å². The number of rotatable bonds is 3. The van der Waals surface area contributed by atoms with Crippen LogP contribution in [0.4, 0.5) is 8.78 Å². The van der Waals surface area contributed by atoms with Crippen molar-refractivity contribution >= 4 is 17.7 Å². The molecule has 1 fully saturated rings. The first-order valence-electron chi connectivity index (χ1n) is 5.34. The van der Waals surface area contributed by atoms with Crippen molar-refractivity contribution < 1.29 is 18.3 Å². The minimum absolute atomic E-state index is 0.177. The Morgan fingerprint density at radius 3 is 2.72 bits per heavy atom. The maximum Gasteiger partial charge on any atom is 0.341 e. The van der Waals surface area contributed by atoms with Crippen LogP contribution in [-0.4, -0.2) is 35.2 Å². The monoisotopic (exact) mass is 274 g/mol. The average molecular weight is 274 g/mol. The van der Waals surface area contributed by atoms with Gasteiger partial charge in [-0.2, -0.15) is 0 Å². The number of esters is 1. The molecule has 0 spiro atoms. The van der Waals surface area contributed by atoms with E-state index in [9.17, 15) is 13.6 Å². The summed E-state index contributed by atoms with van der Waals surface area (Å²) in [6, 6.07) is 0. The van der Waals surface area contributed by atoms with Gasteiger partial charge in [0.1, 0.15) is 0 Å². The molecule has 0 aliphatic heterocycles. The maximum absolute atomic E-state index is 12.9. The van der Waals surface area contributed by atoms with Crippen LogP contribution in [0, 0.1) is 0 Å². The van der Waals surface area contributed by atoms with Gasteiger partial charge in [0.25, 0.3) is 0 Å². The van der Waals surface area contributed by atoms with Gasteiger partial charge in [-0.05, 0) is 6.26 Å². The Balaban J connectivity index is 2.33. The number of carbonyl (C=O) groups excluding carboxylic acids is 1. The van der Waals surface area contributed by atoms with E-state index >= 15 is 0 Å². The Labute approximate surface area is 107 Å². The van der Waals surface area contributed by atoms with Crippen LogP contribution >= 0.6 is 11.8 Å². The van der Waals surface area contributed by atoms with Gasteiger partial charge in [0.05, 0.1) is 18.4 Å². The van der Waals surface area contributed by atoms with Crippen molar-refractivity contribution in [2.24, 2.45) is 0 Å². The third-order valence-electron chi connectivity index (χ3n) is 2.86. The fourth-order valence-corrected chi connectivity index (χ4v) is 2.26. The summed E-state index contributed by atoms with van der Waals surface area (Å²) in [5.41, 5.74) is 0.544. The topological polar surface area (TPSA) is 52.1 Å². The molecule has 1 aromatic rings. The molecule has 18 heavy (non-hydrogen) atoms. The summed E-state index contributed by atoms with van der Waals surface area (Å²) in [5, 5.41) is 0.466. The van der Waals surface area contributed by atoms with Crippen molar-refractivity contribution in [2.75, 3.05) is 13.4 Å². The normalized spacial score (nSPS) is 18.2. The number of hydrogen-bond donors (Lipinski definition) is 0. The van der Waals surface area contributed by atoms with Crippen LogP contribution < -0.4 is 0 Å². The lowest BCUT2D eigenvalue weighted by Gasteiger charge is -2.35. The molecule has 98 valence electrons. The second kappa shape index (κ2) is 4.79. The molecule has 1 saturated carbocycles. The van der Waals surface area contributed by atoms with Crippen LogP contribution in [0.1, 0.15) is 34.8 Å². The molecule has 0 bridgehead atoms. The van der Waals surface area contributed by atoms with Crippen LogP contribution in [0.5, 0.6) is 0 Å². The SMILES string of the molecule is COC(=O)c1cnc(SC)nc1C1CC(F)(F)C1. The summed E-state index contributed by atoms with van der Waals surface area (Å²) in [6.45, 7) is 0. The number of aromatic nitrogens is 2. The lowest BCUT2D eigenvalue weighted by Crippen LogP contribution is -2.35. The molecular formula is C11H12F2N2O2S. The first-order chi connectivity index (χ1) is 8.46. The molecule has 0 atom stereocenters. The largest absolute Gasteiger partial charge is 0.465 e. The van der Waals surface area contributed by atoms with Crippen molar-refractivity contribution in [3.63, 3.8) is 0 Å². The first-order valence-corrected chi connectivity index (χ1v) is 6.56. The molecular weight excluding hydrogens is 262 g/mol. The second-order valence-electron chi connectivity index (χ2n) is 4.11. The van der Waals surface area contributed by atoms with E-state index in [1.54, 1.807) is 6.26 Å². The first kappa shape index (κ1) is 13.2. The molecule has 0 unspecified atom stereocenters. The van der Waals surface area contributed by atoms with E-state index in [-0.39, 0.29) is 18.4 Å². The molecule has 0 amide bonds. The van der Waals surface area contributed by atoms with Crippen molar-refractivity contribution in [2.45, 2.75) is 29.8 Å². The summed E-state index contributed by atoms with van der Waals surface area (Å²) in [6.07, 6.45) is 2.58. The smallest absolute Gasteiger partial charge is 0.341 e. The zero-order valence-corrected chi connectivity index (χ0v) is 10.8. The highest BCUT2D eigenvalue weighted by atomic mass is 32.2. The highest BCUT2D eigenvalue weighted by molar-refractivity contribution is 7.98. The van der Waals surface area contributed by atoms with E-state index in [4.69, 9.17) is 0 Å². The zero-order valence-electron chi connectivity index (χ0n) is 9.94. The molecule has 0 N–H and O–H groups in total. The number of ether oxygens (including phenoxy) is 1. The number of nitrogens with zero attached hydrogens (tertiary/aromatic N) is 2. The zero-order chi connectivity index (χ0) is 13.3. The van der Waals surface area contributed by atoms with Crippen LogP contribution in [0.25, 0.3) is 0 Å². The average Bonchev–Trinajstić information content (AvgIpc) is 2.34. The summed E-state index contributed by atoms with van der Waals surface area (Å²) in [7, 11) is 1.24. The van der Waals surface area contributed by atoms with Gasteiger partial charge in [-0.3, -0.25) is 0 Å². The minimum Gasteiger partial charge on any atom is -0.465 e. The van der Waals surface area contributed by atoms with Crippen molar-refractivity contribution in [1.82, 2.24) is 9.97 Å². The minimum atomic E-state index is -2.65. The van der Waals surface area contributed by atoms with E-state index in [0.717, 1.165) is 0 Å². The Hall–Kier alpha value is -1.24. The van der Waals surface area contributed by atoms with E-state index in [0.29, 0.717) is 10.9 Å². The third kappa shape index (κ3) is 2.45. The number of thioether (sulfide) groups is 1. The summed E-state index contributed by atoms with van der Waals surface area (Å²) in [5.74, 6) is -3.64. The molecule has 1 heterocycles.